The van der Waals surface area contributed by atoms with Crippen molar-refractivity contribution in [3.8, 4) is 11.5 Å². The van der Waals surface area contributed by atoms with Crippen molar-refractivity contribution >= 4 is 23.4 Å². The summed E-state index contributed by atoms with van der Waals surface area (Å²) in [6.45, 7) is 4.61. The summed E-state index contributed by atoms with van der Waals surface area (Å²) >= 11 is 1.47. The lowest BCUT2D eigenvalue weighted by atomic mass is 10.0. The molecule has 1 amide bonds. The van der Waals surface area contributed by atoms with Crippen LogP contribution in [0.1, 0.15) is 41.4 Å². The SMILES string of the molecule is COc1ccc(OC)c(C2CCCN2C(=O)Cc2c(C)nc3nc(SC)nn3c2C)c1. The minimum Gasteiger partial charge on any atom is -0.497 e. The number of hydrogen-bond acceptors (Lipinski definition) is 7. The van der Waals surface area contributed by atoms with E-state index in [0.29, 0.717) is 10.9 Å². The Bertz CT molecular complexity index is 1130. The molecule has 1 atom stereocenters. The zero-order valence-electron chi connectivity index (χ0n) is 18.5. The van der Waals surface area contributed by atoms with Crippen LogP contribution >= 0.6 is 11.8 Å². The number of nitrogens with zero attached hydrogens (tertiary/aromatic N) is 5. The van der Waals surface area contributed by atoms with E-state index in [4.69, 9.17) is 9.47 Å². The average molecular weight is 442 g/mol. The first-order valence-corrected chi connectivity index (χ1v) is 11.5. The van der Waals surface area contributed by atoms with Crippen LogP contribution in [0.3, 0.4) is 0 Å². The molecule has 3 heterocycles. The Balaban J connectivity index is 1.64. The fourth-order valence-corrected chi connectivity index (χ4v) is 4.61. The minimum atomic E-state index is -0.0377. The van der Waals surface area contributed by atoms with Gasteiger partial charge in [0.25, 0.3) is 5.78 Å². The van der Waals surface area contributed by atoms with Crippen molar-refractivity contribution in [3.63, 3.8) is 0 Å². The van der Waals surface area contributed by atoms with Crippen molar-refractivity contribution < 1.29 is 14.3 Å². The number of amides is 1. The Morgan fingerprint density at radius 1 is 1.23 bits per heavy atom. The summed E-state index contributed by atoms with van der Waals surface area (Å²) in [6.07, 6.45) is 4.05. The molecule has 0 bridgehead atoms. The predicted octanol–water partition coefficient (Wildman–Crippen LogP) is 3.39. The van der Waals surface area contributed by atoms with Crippen molar-refractivity contribution in [2.45, 2.75) is 44.3 Å². The predicted molar refractivity (Wildman–Crippen MR) is 119 cm³/mol. The number of aryl methyl sites for hydroxylation is 2. The summed E-state index contributed by atoms with van der Waals surface area (Å²) in [5.74, 6) is 2.17. The van der Waals surface area contributed by atoms with Crippen LogP contribution in [0, 0.1) is 13.8 Å². The molecule has 31 heavy (non-hydrogen) atoms. The number of rotatable bonds is 6. The number of hydrogen-bond donors (Lipinski definition) is 0. The number of aromatic nitrogens is 4. The van der Waals surface area contributed by atoms with Crippen LogP contribution in [-0.4, -0.2) is 57.4 Å². The Morgan fingerprint density at radius 3 is 2.74 bits per heavy atom. The van der Waals surface area contributed by atoms with Crippen LogP contribution in [0.15, 0.2) is 23.4 Å². The standard InChI is InChI=1S/C22H27N5O3S/c1-13-16(14(2)27-21(23-13)24-22(25-27)31-5)12-20(28)26-10-6-7-18(26)17-11-15(29-3)8-9-19(17)30-4/h8-9,11,18H,6-7,10,12H2,1-5H3. The number of methoxy groups -OCH3 is 2. The van der Waals surface area contributed by atoms with E-state index in [0.717, 1.165) is 53.4 Å². The number of thioether (sulfide) groups is 1. The van der Waals surface area contributed by atoms with Crippen molar-refractivity contribution in [2.24, 2.45) is 0 Å². The third-order valence-electron chi connectivity index (χ3n) is 5.91. The quantitative estimate of drug-likeness (QED) is 0.542. The van der Waals surface area contributed by atoms with Gasteiger partial charge in [-0.15, -0.1) is 5.10 Å². The van der Waals surface area contributed by atoms with Crippen molar-refractivity contribution in [1.29, 1.82) is 0 Å². The number of benzene rings is 1. The highest BCUT2D eigenvalue weighted by Crippen LogP contribution is 2.39. The van der Waals surface area contributed by atoms with E-state index in [-0.39, 0.29) is 18.4 Å². The van der Waals surface area contributed by atoms with Crippen LogP contribution in [0.25, 0.3) is 5.78 Å². The molecule has 164 valence electrons. The van der Waals surface area contributed by atoms with Crippen molar-refractivity contribution in [3.05, 3.63) is 40.7 Å². The first kappa shape index (κ1) is 21.4. The van der Waals surface area contributed by atoms with Gasteiger partial charge in [-0.2, -0.15) is 4.98 Å². The summed E-state index contributed by atoms with van der Waals surface area (Å²) in [4.78, 5) is 24.4. The smallest absolute Gasteiger partial charge is 0.253 e. The van der Waals surface area contributed by atoms with E-state index in [2.05, 4.69) is 15.1 Å². The Morgan fingerprint density at radius 2 is 2.03 bits per heavy atom. The normalized spacial score (nSPS) is 16.2. The van der Waals surface area contributed by atoms with E-state index in [1.807, 2.05) is 43.2 Å². The number of carbonyl (C=O) groups excluding carboxylic acids is 1. The molecule has 1 saturated heterocycles. The number of fused-ring (bicyclic) bond motifs is 1. The van der Waals surface area contributed by atoms with Gasteiger partial charge in [-0.05, 0) is 51.1 Å². The fraction of sp³-hybridized carbons (Fsp3) is 0.455. The van der Waals surface area contributed by atoms with Gasteiger partial charge in [0, 0.05) is 29.1 Å². The van der Waals surface area contributed by atoms with E-state index in [1.165, 1.54) is 11.8 Å². The molecule has 2 aromatic heterocycles. The summed E-state index contributed by atoms with van der Waals surface area (Å²) < 4.78 is 12.7. The molecule has 0 aliphatic carbocycles. The number of ether oxygens (including phenoxy) is 2. The topological polar surface area (TPSA) is 81.9 Å². The van der Waals surface area contributed by atoms with Crippen LogP contribution in [0.2, 0.25) is 0 Å². The molecule has 9 heteroatoms. The summed E-state index contributed by atoms with van der Waals surface area (Å²) in [5, 5.41) is 5.16. The molecule has 0 spiro atoms. The second-order valence-electron chi connectivity index (χ2n) is 7.60. The molecule has 0 radical (unpaired) electrons. The summed E-state index contributed by atoms with van der Waals surface area (Å²) in [6, 6.07) is 5.70. The molecular weight excluding hydrogens is 414 g/mol. The van der Waals surface area contributed by atoms with Gasteiger partial charge < -0.3 is 14.4 Å². The highest BCUT2D eigenvalue weighted by atomic mass is 32.2. The first-order valence-electron chi connectivity index (χ1n) is 10.2. The van der Waals surface area contributed by atoms with Crippen LogP contribution < -0.4 is 9.47 Å². The lowest BCUT2D eigenvalue weighted by molar-refractivity contribution is -0.131. The van der Waals surface area contributed by atoms with Gasteiger partial charge in [0.05, 0.1) is 26.7 Å². The molecule has 1 aliphatic rings. The molecule has 8 nitrogen and oxygen atoms in total. The van der Waals surface area contributed by atoms with Gasteiger partial charge in [0.1, 0.15) is 11.5 Å². The van der Waals surface area contributed by atoms with E-state index < -0.39 is 0 Å². The maximum absolute atomic E-state index is 13.4. The highest BCUT2D eigenvalue weighted by molar-refractivity contribution is 7.98. The van der Waals surface area contributed by atoms with Crippen LogP contribution in [-0.2, 0) is 11.2 Å². The summed E-state index contributed by atoms with van der Waals surface area (Å²) in [5.41, 5.74) is 3.60. The third kappa shape index (κ3) is 3.94. The van der Waals surface area contributed by atoms with E-state index in [9.17, 15) is 4.79 Å². The molecule has 4 rings (SSSR count). The Hall–Kier alpha value is -2.81. The van der Waals surface area contributed by atoms with Crippen molar-refractivity contribution in [2.75, 3.05) is 27.0 Å². The monoisotopic (exact) mass is 441 g/mol. The Labute approximate surface area is 186 Å². The zero-order valence-corrected chi connectivity index (χ0v) is 19.3. The van der Waals surface area contributed by atoms with Crippen LogP contribution in [0.5, 0.6) is 11.5 Å². The van der Waals surface area contributed by atoms with E-state index in [1.54, 1.807) is 18.7 Å². The maximum atomic E-state index is 13.4. The van der Waals surface area contributed by atoms with Crippen molar-refractivity contribution in [1.82, 2.24) is 24.5 Å². The molecule has 1 unspecified atom stereocenters. The lowest BCUT2D eigenvalue weighted by Gasteiger charge is -2.27. The zero-order chi connectivity index (χ0) is 22.1. The molecule has 1 aromatic carbocycles. The molecular formula is C22H27N5O3S. The number of carbonyl (C=O) groups is 1. The third-order valence-corrected chi connectivity index (χ3v) is 6.45. The van der Waals surface area contributed by atoms with E-state index >= 15 is 0 Å². The number of likely N-dealkylation sites (tertiary alicyclic amines) is 1. The molecule has 1 fully saturated rings. The largest absolute Gasteiger partial charge is 0.497 e. The molecule has 0 N–H and O–H groups in total. The first-order chi connectivity index (χ1) is 15.0. The molecule has 0 saturated carbocycles. The van der Waals surface area contributed by atoms with Gasteiger partial charge in [-0.25, -0.2) is 9.50 Å². The molecule has 1 aliphatic heterocycles. The highest BCUT2D eigenvalue weighted by Gasteiger charge is 2.33. The van der Waals surface area contributed by atoms with Gasteiger partial charge in [-0.1, -0.05) is 11.8 Å². The second-order valence-corrected chi connectivity index (χ2v) is 8.37. The van der Waals surface area contributed by atoms with Gasteiger partial charge >= 0.3 is 0 Å². The lowest BCUT2D eigenvalue weighted by Crippen LogP contribution is -2.32. The van der Waals surface area contributed by atoms with Gasteiger partial charge in [0.15, 0.2) is 0 Å². The average Bonchev–Trinajstić information content (AvgIpc) is 3.43. The summed E-state index contributed by atoms with van der Waals surface area (Å²) in [7, 11) is 3.30. The molecule has 3 aromatic rings. The fourth-order valence-electron chi connectivity index (χ4n) is 4.27. The Kier molecular flexibility index (Phi) is 6.04. The maximum Gasteiger partial charge on any atom is 0.253 e. The second kappa shape index (κ2) is 8.74. The van der Waals surface area contributed by atoms with Gasteiger partial charge in [-0.3, -0.25) is 4.79 Å². The van der Waals surface area contributed by atoms with Crippen LogP contribution in [0.4, 0.5) is 0 Å². The minimum absolute atomic E-state index is 0.0377. The van der Waals surface area contributed by atoms with Gasteiger partial charge in [0.2, 0.25) is 11.1 Å².